The molecule has 1 aliphatic rings. The predicted molar refractivity (Wildman–Crippen MR) is 107 cm³/mol. The molecule has 27 heavy (non-hydrogen) atoms. The second kappa shape index (κ2) is 6.72. The van der Waals surface area contributed by atoms with E-state index in [9.17, 15) is 4.79 Å². The van der Waals surface area contributed by atoms with Gasteiger partial charge in [0.1, 0.15) is 5.75 Å². The zero-order valence-electron chi connectivity index (χ0n) is 15.4. The van der Waals surface area contributed by atoms with Crippen molar-refractivity contribution in [3.8, 4) is 5.75 Å². The maximum absolute atomic E-state index is 12.4. The Labute approximate surface area is 157 Å². The molecule has 0 saturated heterocycles. The Balaban J connectivity index is 1.82. The van der Waals surface area contributed by atoms with Gasteiger partial charge >= 0.3 is 5.97 Å². The summed E-state index contributed by atoms with van der Waals surface area (Å²) in [4.78, 5) is 16.8. The molecule has 0 aromatic heterocycles. The van der Waals surface area contributed by atoms with E-state index in [-0.39, 0.29) is 5.70 Å². The lowest BCUT2D eigenvalue weighted by atomic mass is 10.0. The summed E-state index contributed by atoms with van der Waals surface area (Å²) >= 11 is 0. The summed E-state index contributed by atoms with van der Waals surface area (Å²) in [6.45, 7) is 4.06. The van der Waals surface area contributed by atoms with Gasteiger partial charge in [-0.25, -0.2) is 9.79 Å². The molecule has 3 aromatic rings. The molecule has 0 saturated carbocycles. The highest BCUT2D eigenvalue weighted by atomic mass is 16.6. The van der Waals surface area contributed by atoms with Gasteiger partial charge in [-0.3, -0.25) is 0 Å². The van der Waals surface area contributed by atoms with Crippen LogP contribution in [0.15, 0.2) is 65.3 Å². The number of carbonyl (C=O) groups is 1. The Morgan fingerprint density at radius 1 is 1.00 bits per heavy atom. The molecule has 1 heterocycles. The van der Waals surface area contributed by atoms with Gasteiger partial charge in [0.05, 0.1) is 7.11 Å². The van der Waals surface area contributed by atoms with Crippen molar-refractivity contribution in [2.75, 3.05) is 7.11 Å². The predicted octanol–water partition coefficient (Wildman–Crippen LogP) is 4.81. The van der Waals surface area contributed by atoms with Crippen molar-refractivity contribution in [2.24, 2.45) is 4.99 Å². The summed E-state index contributed by atoms with van der Waals surface area (Å²) < 4.78 is 10.9. The average Bonchev–Trinajstić information content (AvgIpc) is 3.05. The number of hydrogen-bond acceptors (Lipinski definition) is 4. The van der Waals surface area contributed by atoms with Gasteiger partial charge in [-0.2, -0.15) is 0 Å². The standard InChI is InChI=1S/C23H19NO3/c1-14-8-9-17(12-15(14)2)22-24-20(23(25)27-22)13-19-18-7-5-4-6-16(18)10-11-21(19)26-3/h4-13H,1-3H3/b20-13-. The molecule has 0 amide bonds. The number of aryl methyl sites for hydroxylation is 2. The van der Waals surface area contributed by atoms with E-state index in [0.717, 1.165) is 27.5 Å². The van der Waals surface area contributed by atoms with Gasteiger partial charge in [0.25, 0.3) is 0 Å². The van der Waals surface area contributed by atoms with Crippen LogP contribution in [0.4, 0.5) is 0 Å². The molecular weight excluding hydrogens is 338 g/mol. The summed E-state index contributed by atoms with van der Waals surface area (Å²) in [7, 11) is 1.61. The van der Waals surface area contributed by atoms with Crippen LogP contribution in [0.2, 0.25) is 0 Å². The zero-order valence-corrected chi connectivity index (χ0v) is 15.4. The van der Waals surface area contributed by atoms with E-state index in [1.54, 1.807) is 13.2 Å². The van der Waals surface area contributed by atoms with Crippen molar-refractivity contribution in [3.63, 3.8) is 0 Å². The van der Waals surface area contributed by atoms with Crippen LogP contribution in [0.1, 0.15) is 22.3 Å². The normalized spacial score (nSPS) is 15.1. The minimum atomic E-state index is -0.460. The lowest BCUT2D eigenvalue weighted by molar-refractivity contribution is -0.129. The van der Waals surface area contributed by atoms with Gasteiger partial charge in [-0.15, -0.1) is 0 Å². The highest BCUT2D eigenvalue weighted by Crippen LogP contribution is 2.31. The van der Waals surface area contributed by atoms with Crippen molar-refractivity contribution in [1.29, 1.82) is 0 Å². The van der Waals surface area contributed by atoms with Gasteiger partial charge < -0.3 is 9.47 Å². The van der Waals surface area contributed by atoms with Crippen molar-refractivity contribution in [1.82, 2.24) is 0 Å². The Morgan fingerprint density at radius 3 is 2.59 bits per heavy atom. The highest BCUT2D eigenvalue weighted by Gasteiger charge is 2.25. The Morgan fingerprint density at radius 2 is 1.81 bits per heavy atom. The molecule has 0 bridgehead atoms. The molecule has 134 valence electrons. The molecule has 0 N–H and O–H groups in total. The van der Waals surface area contributed by atoms with E-state index in [4.69, 9.17) is 9.47 Å². The van der Waals surface area contributed by atoms with Crippen LogP contribution in [-0.2, 0) is 9.53 Å². The number of fused-ring (bicyclic) bond motifs is 1. The number of esters is 1. The van der Waals surface area contributed by atoms with E-state index in [1.165, 1.54) is 5.56 Å². The van der Waals surface area contributed by atoms with Gasteiger partial charge in [-0.05, 0) is 60.0 Å². The van der Waals surface area contributed by atoms with Gasteiger partial charge in [-0.1, -0.05) is 36.4 Å². The van der Waals surface area contributed by atoms with E-state index in [1.807, 2.05) is 68.4 Å². The maximum Gasteiger partial charge on any atom is 0.363 e. The molecule has 0 radical (unpaired) electrons. The molecule has 1 aliphatic heterocycles. The number of methoxy groups -OCH3 is 1. The quantitative estimate of drug-likeness (QED) is 0.499. The smallest absolute Gasteiger partial charge is 0.363 e. The van der Waals surface area contributed by atoms with Crippen molar-refractivity contribution in [3.05, 3.63) is 82.5 Å². The second-order valence-corrected chi connectivity index (χ2v) is 6.54. The van der Waals surface area contributed by atoms with E-state index >= 15 is 0 Å². The van der Waals surface area contributed by atoms with Crippen LogP contribution >= 0.6 is 0 Å². The van der Waals surface area contributed by atoms with Crippen molar-refractivity contribution in [2.45, 2.75) is 13.8 Å². The minimum absolute atomic E-state index is 0.262. The van der Waals surface area contributed by atoms with Crippen molar-refractivity contribution >= 4 is 28.7 Å². The summed E-state index contributed by atoms with van der Waals surface area (Å²) in [6, 6.07) is 17.7. The second-order valence-electron chi connectivity index (χ2n) is 6.54. The fraction of sp³-hybridized carbons (Fsp3) is 0.130. The van der Waals surface area contributed by atoms with E-state index in [2.05, 4.69) is 4.99 Å². The molecule has 0 fully saturated rings. The topological polar surface area (TPSA) is 47.9 Å². The molecular formula is C23H19NO3. The first-order valence-electron chi connectivity index (χ1n) is 8.73. The van der Waals surface area contributed by atoms with Crippen LogP contribution in [0.3, 0.4) is 0 Å². The van der Waals surface area contributed by atoms with E-state index < -0.39 is 5.97 Å². The third-order valence-corrected chi connectivity index (χ3v) is 4.81. The minimum Gasteiger partial charge on any atom is -0.496 e. The number of rotatable bonds is 3. The maximum atomic E-state index is 12.4. The molecule has 0 atom stereocenters. The summed E-state index contributed by atoms with van der Waals surface area (Å²) in [5.41, 5.74) is 4.17. The third-order valence-electron chi connectivity index (χ3n) is 4.81. The lowest BCUT2D eigenvalue weighted by Crippen LogP contribution is -2.05. The first kappa shape index (κ1) is 17.0. The molecule has 0 unspecified atom stereocenters. The highest BCUT2D eigenvalue weighted by molar-refractivity contribution is 6.13. The fourth-order valence-corrected chi connectivity index (χ4v) is 3.15. The van der Waals surface area contributed by atoms with Crippen LogP contribution in [0.5, 0.6) is 5.75 Å². The number of cyclic esters (lactones) is 1. The van der Waals surface area contributed by atoms with Crippen LogP contribution in [-0.4, -0.2) is 19.0 Å². The summed E-state index contributed by atoms with van der Waals surface area (Å²) in [5, 5.41) is 2.06. The molecule has 0 spiro atoms. The van der Waals surface area contributed by atoms with Gasteiger partial charge in [0.15, 0.2) is 5.70 Å². The number of aliphatic imine (C=N–C) groups is 1. The number of carbonyl (C=O) groups excluding carboxylic acids is 1. The molecule has 4 nitrogen and oxygen atoms in total. The van der Waals surface area contributed by atoms with Gasteiger partial charge in [0, 0.05) is 11.1 Å². The molecule has 3 aromatic carbocycles. The van der Waals surface area contributed by atoms with Gasteiger partial charge in [0.2, 0.25) is 5.90 Å². The average molecular weight is 357 g/mol. The van der Waals surface area contributed by atoms with Crippen molar-refractivity contribution < 1.29 is 14.3 Å². The van der Waals surface area contributed by atoms with Crippen LogP contribution in [0, 0.1) is 13.8 Å². The first-order chi connectivity index (χ1) is 13.1. The largest absolute Gasteiger partial charge is 0.496 e. The SMILES string of the molecule is COc1ccc2ccccc2c1/C=C1\N=C(c2ccc(C)c(C)c2)OC1=O. The number of ether oxygens (including phenoxy) is 2. The lowest BCUT2D eigenvalue weighted by Gasteiger charge is -2.08. The monoisotopic (exact) mass is 357 g/mol. The third kappa shape index (κ3) is 3.10. The summed E-state index contributed by atoms with van der Waals surface area (Å²) in [6.07, 6.45) is 1.73. The Bertz CT molecular complexity index is 1130. The Hall–Kier alpha value is -3.40. The first-order valence-corrected chi connectivity index (χ1v) is 8.73. The van der Waals surface area contributed by atoms with Crippen LogP contribution in [0.25, 0.3) is 16.8 Å². The Kier molecular flexibility index (Phi) is 4.24. The van der Waals surface area contributed by atoms with E-state index in [0.29, 0.717) is 11.6 Å². The number of hydrogen-bond donors (Lipinski definition) is 0. The fourth-order valence-electron chi connectivity index (χ4n) is 3.15. The number of benzene rings is 3. The molecule has 0 aliphatic carbocycles. The molecule has 4 heteroatoms. The zero-order chi connectivity index (χ0) is 19.0. The number of nitrogens with zero attached hydrogens (tertiary/aromatic N) is 1. The summed E-state index contributed by atoms with van der Waals surface area (Å²) in [5.74, 6) is 0.551. The van der Waals surface area contributed by atoms with Crippen LogP contribution < -0.4 is 4.74 Å². The molecule has 4 rings (SSSR count).